The number of nitrogens with zero attached hydrogens (tertiary/aromatic N) is 3. The van der Waals surface area contributed by atoms with Crippen molar-refractivity contribution in [3.8, 4) is 0 Å². The predicted molar refractivity (Wildman–Crippen MR) is 75.6 cm³/mol. The average molecular weight is 248 g/mol. The standard InChI is InChI=1S/C8H6N2.C7H6N2/c1-2-4-8-7(3-1)9-5-6-10-8;1-2-4-7-6(3-1)8-5-9-7/h1-6H;1-5H,(H,8,9). The Morgan fingerprint density at radius 3 is 1.84 bits per heavy atom. The summed E-state index contributed by atoms with van der Waals surface area (Å²) in [6, 6.07) is 15.7. The van der Waals surface area contributed by atoms with E-state index in [1.165, 1.54) is 0 Å². The topological polar surface area (TPSA) is 54.5 Å². The molecule has 0 radical (unpaired) electrons. The third-order valence-corrected chi connectivity index (χ3v) is 2.70. The third kappa shape index (κ3) is 2.57. The largest absolute Gasteiger partial charge is 0.345 e. The number of hydrogen-bond acceptors (Lipinski definition) is 3. The molecule has 0 aliphatic carbocycles. The Morgan fingerprint density at radius 1 is 0.632 bits per heavy atom. The molecule has 0 saturated heterocycles. The van der Waals surface area contributed by atoms with Gasteiger partial charge in [0.15, 0.2) is 0 Å². The second kappa shape index (κ2) is 5.27. The highest BCUT2D eigenvalue weighted by atomic mass is 14.9. The van der Waals surface area contributed by atoms with Gasteiger partial charge in [-0.15, -0.1) is 0 Å². The van der Waals surface area contributed by atoms with Crippen LogP contribution in [0, 0.1) is 0 Å². The van der Waals surface area contributed by atoms with Gasteiger partial charge in [0.2, 0.25) is 0 Å². The van der Waals surface area contributed by atoms with Gasteiger partial charge in [0.1, 0.15) is 0 Å². The van der Waals surface area contributed by atoms with Crippen LogP contribution in [0.25, 0.3) is 22.1 Å². The molecule has 0 unspecified atom stereocenters. The number of para-hydroxylation sites is 4. The molecule has 0 aliphatic heterocycles. The molecular weight excluding hydrogens is 236 g/mol. The van der Waals surface area contributed by atoms with Crippen molar-refractivity contribution in [2.24, 2.45) is 0 Å². The maximum atomic E-state index is 4.12. The van der Waals surface area contributed by atoms with Crippen LogP contribution in [0.2, 0.25) is 0 Å². The molecule has 0 amide bonds. The van der Waals surface area contributed by atoms with Gasteiger partial charge in [0, 0.05) is 12.4 Å². The number of aromatic nitrogens is 4. The molecule has 92 valence electrons. The number of benzene rings is 2. The van der Waals surface area contributed by atoms with Crippen LogP contribution in [0.1, 0.15) is 0 Å². The molecule has 4 nitrogen and oxygen atoms in total. The van der Waals surface area contributed by atoms with Crippen LogP contribution in [0.5, 0.6) is 0 Å². The lowest BCUT2D eigenvalue weighted by Gasteiger charge is -1.90. The van der Waals surface area contributed by atoms with Crippen LogP contribution in [-0.4, -0.2) is 19.9 Å². The summed E-state index contributed by atoms with van der Waals surface area (Å²) in [5.74, 6) is 0. The minimum atomic E-state index is 0.949. The number of fused-ring (bicyclic) bond motifs is 2. The fourth-order valence-electron chi connectivity index (χ4n) is 1.79. The molecule has 2 aromatic heterocycles. The van der Waals surface area contributed by atoms with E-state index >= 15 is 0 Å². The van der Waals surface area contributed by atoms with Gasteiger partial charge in [-0.1, -0.05) is 24.3 Å². The molecule has 19 heavy (non-hydrogen) atoms. The van der Waals surface area contributed by atoms with Gasteiger partial charge in [0.05, 0.1) is 28.4 Å². The molecule has 0 bridgehead atoms. The van der Waals surface area contributed by atoms with E-state index in [-0.39, 0.29) is 0 Å². The first-order valence-electron chi connectivity index (χ1n) is 5.97. The van der Waals surface area contributed by atoms with E-state index in [0.29, 0.717) is 0 Å². The number of nitrogens with one attached hydrogen (secondary N) is 1. The molecule has 0 fully saturated rings. The maximum absolute atomic E-state index is 4.12. The molecular formula is C15H12N4. The van der Waals surface area contributed by atoms with E-state index in [1.54, 1.807) is 18.7 Å². The number of rotatable bonds is 0. The second-order valence-electron chi connectivity index (χ2n) is 3.96. The van der Waals surface area contributed by atoms with Crippen molar-refractivity contribution in [2.45, 2.75) is 0 Å². The fraction of sp³-hybridized carbons (Fsp3) is 0. The van der Waals surface area contributed by atoms with Gasteiger partial charge in [-0.2, -0.15) is 0 Å². The number of aromatic amines is 1. The SMILES string of the molecule is c1ccc2[nH]cnc2c1.c1ccc2nccnc2c1. The monoisotopic (exact) mass is 248 g/mol. The Kier molecular flexibility index (Phi) is 3.14. The Bertz CT molecular complexity index is 696. The van der Waals surface area contributed by atoms with Crippen LogP contribution in [0.3, 0.4) is 0 Å². The summed E-state index contributed by atoms with van der Waals surface area (Å²) < 4.78 is 0. The highest BCUT2D eigenvalue weighted by molar-refractivity contribution is 5.74. The van der Waals surface area contributed by atoms with Crippen molar-refractivity contribution >= 4 is 22.1 Å². The van der Waals surface area contributed by atoms with Gasteiger partial charge < -0.3 is 4.98 Å². The molecule has 1 N–H and O–H groups in total. The zero-order chi connectivity index (χ0) is 12.9. The average Bonchev–Trinajstić information content (AvgIpc) is 2.96. The summed E-state index contributed by atoms with van der Waals surface area (Å²) in [6.45, 7) is 0. The molecule has 2 heterocycles. The fourth-order valence-corrected chi connectivity index (χ4v) is 1.79. The lowest BCUT2D eigenvalue weighted by atomic mass is 10.3. The molecule has 4 rings (SSSR count). The predicted octanol–water partition coefficient (Wildman–Crippen LogP) is 3.19. The lowest BCUT2D eigenvalue weighted by Crippen LogP contribution is -1.78. The first-order valence-corrected chi connectivity index (χ1v) is 5.97. The van der Waals surface area contributed by atoms with Gasteiger partial charge in [0.25, 0.3) is 0 Å². The maximum Gasteiger partial charge on any atom is 0.0931 e. The van der Waals surface area contributed by atoms with Crippen LogP contribution in [0.4, 0.5) is 0 Å². The Morgan fingerprint density at radius 2 is 1.21 bits per heavy atom. The second-order valence-corrected chi connectivity index (χ2v) is 3.96. The zero-order valence-electron chi connectivity index (χ0n) is 10.2. The highest BCUT2D eigenvalue weighted by Gasteiger charge is 1.89. The van der Waals surface area contributed by atoms with Gasteiger partial charge in [-0.05, 0) is 24.3 Å². The van der Waals surface area contributed by atoms with Crippen molar-refractivity contribution < 1.29 is 0 Å². The third-order valence-electron chi connectivity index (χ3n) is 2.70. The summed E-state index contributed by atoms with van der Waals surface area (Å²) >= 11 is 0. The molecule has 0 saturated carbocycles. The Hall–Kier alpha value is -2.75. The van der Waals surface area contributed by atoms with Crippen LogP contribution in [0.15, 0.2) is 67.3 Å². The van der Waals surface area contributed by atoms with E-state index in [4.69, 9.17) is 0 Å². The van der Waals surface area contributed by atoms with Crippen molar-refractivity contribution in [1.82, 2.24) is 19.9 Å². The van der Waals surface area contributed by atoms with E-state index in [0.717, 1.165) is 22.1 Å². The van der Waals surface area contributed by atoms with Crippen molar-refractivity contribution in [2.75, 3.05) is 0 Å². The lowest BCUT2D eigenvalue weighted by molar-refractivity contribution is 1.29. The number of hydrogen-bond donors (Lipinski definition) is 1. The normalized spacial score (nSPS) is 10.1. The summed E-state index contributed by atoms with van der Waals surface area (Å²) in [4.78, 5) is 15.3. The Labute approximate surface area is 110 Å². The number of H-pyrrole nitrogens is 1. The van der Waals surface area contributed by atoms with E-state index in [1.807, 2.05) is 48.5 Å². The van der Waals surface area contributed by atoms with E-state index < -0.39 is 0 Å². The number of imidazole rings is 1. The van der Waals surface area contributed by atoms with Crippen molar-refractivity contribution in [3.05, 3.63) is 67.3 Å². The van der Waals surface area contributed by atoms with Gasteiger partial charge >= 0.3 is 0 Å². The zero-order valence-corrected chi connectivity index (χ0v) is 10.2. The molecule has 2 aromatic carbocycles. The first-order chi connectivity index (χ1) is 9.43. The molecule has 4 heteroatoms. The smallest absolute Gasteiger partial charge is 0.0931 e. The molecule has 0 aliphatic rings. The first kappa shape index (κ1) is 11.3. The summed E-state index contributed by atoms with van der Waals surface area (Å²) in [5.41, 5.74) is 4.02. The van der Waals surface area contributed by atoms with Gasteiger partial charge in [-0.25, -0.2) is 4.98 Å². The highest BCUT2D eigenvalue weighted by Crippen LogP contribution is 2.05. The Balaban J connectivity index is 0.000000117. The summed E-state index contributed by atoms with van der Waals surface area (Å²) in [7, 11) is 0. The molecule has 0 spiro atoms. The van der Waals surface area contributed by atoms with E-state index in [9.17, 15) is 0 Å². The minimum absolute atomic E-state index is 0.949. The van der Waals surface area contributed by atoms with Gasteiger partial charge in [-0.3, -0.25) is 9.97 Å². The molecule has 0 atom stereocenters. The quantitative estimate of drug-likeness (QED) is 0.520. The van der Waals surface area contributed by atoms with Crippen molar-refractivity contribution in [3.63, 3.8) is 0 Å². The summed E-state index contributed by atoms with van der Waals surface area (Å²) in [6.07, 6.45) is 5.09. The minimum Gasteiger partial charge on any atom is -0.345 e. The summed E-state index contributed by atoms with van der Waals surface area (Å²) in [5, 5.41) is 0. The van der Waals surface area contributed by atoms with Crippen LogP contribution in [-0.2, 0) is 0 Å². The molecule has 4 aromatic rings. The van der Waals surface area contributed by atoms with E-state index in [2.05, 4.69) is 19.9 Å². The van der Waals surface area contributed by atoms with Crippen LogP contribution < -0.4 is 0 Å². The van der Waals surface area contributed by atoms with Crippen molar-refractivity contribution in [1.29, 1.82) is 0 Å². The van der Waals surface area contributed by atoms with Crippen LogP contribution >= 0.6 is 0 Å².